The van der Waals surface area contributed by atoms with E-state index in [4.69, 9.17) is 5.11 Å². The summed E-state index contributed by atoms with van der Waals surface area (Å²) in [5, 5.41) is 11.7. The summed E-state index contributed by atoms with van der Waals surface area (Å²) in [4.78, 5) is 15.4. The molecule has 0 saturated heterocycles. The molecule has 1 heterocycles. The van der Waals surface area contributed by atoms with E-state index < -0.39 is 0 Å². The maximum Gasteiger partial charge on any atom is 0.225 e. The van der Waals surface area contributed by atoms with E-state index in [-0.39, 0.29) is 12.5 Å². The van der Waals surface area contributed by atoms with Crippen LogP contribution in [0.2, 0.25) is 0 Å². The number of rotatable bonds is 3. The maximum atomic E-state index is 11.2. The average molecular weight is 208 g/mol. The molecule has 0 spiro atoms. The van der Waals surface area contributed by atoms with Crippen LogP contribution in [0.3, 0.4) is 0 Å². The van der Waals surface area contributed by atoms with Crippen molar-refractivity contribution >= 4 is 11.7 Å². The number of anilines is 1. The Morgan fingerprint density at radius 2 is 2.20 bits per heavy atom. The van der Waals surface area contributed by atoms with Crippen molar-refractivity contribution in [2.45, 2.75) is 33.8 Å². The lowest BCUT2D eigenvalue weighted by atomic mass is 10.1. The number of nitrogens with zero attached hydrogens (tertiary/aromatic N) is 1. The number of pyridine rings is 1. The molecule has 0 saturated carbocycles. The third kappa shape index (κ3) is 2.76. The van der Waals surface area contributed by atoms with Gasteiger partial charge in [-0.1, -0.05) is 6.92 Å². The van der Waals surface area contributed by atoms with E-state index in [1.807, 2.05) is 19.9 Å². The van der Waals surface area contributed by atoms with E-state index in [1.165, 1.54) is 0 Å². The Bertz CT molecular complexity index is 375. The minimum Gasteiger partial charge on any atom is -0.390 e. The van der Waals surface area contributed by atoms with E-state index in [1.54, 1.807) is 6.92 Å². The lowest BCUT2D eigenvalue weighted by Gasteiger charge is -2.10. The Labute approximate surface area is 89.3 Å². The van der Waals surface area contributed by atoms with Gasteiger partial charge >= 0.3 is 0 Å². The average Bonchev–Trinajstić information content (AvgIpc) is 2.24. The van der Waals surface area contributed by atoms with Crippen LogP contribution in [0.1, 0.15) is 30.2 Å². The van der Waals surface area contributed by atoms with Crippen LogP contribution in [0.4, 0.5) is 5.82 Å². The topological polar surface area (TPSA) is 62.2 Å². The molecule has 4 nitrogen and oxygen atoms in total. The lowest BCUT2D eigenvalue weighted by Crippen LogP contribution is -2.13. The van der Waals surface area contributed by atoms with E-state index in [0.717, 1.165) is 11.1 Å². The number of carbonyl (C=O) groups is 1. The number of nitrogens with one attached hydrogen (secondary N) is 1. The van der Waals surface area contributed by atoms with Crippen molar-refractivity contribution in [3.05, 3.63) is 22.9 Å². The first-order chi connectivity index (χ1) is 7.08. The highest BCUT2D eigenvalue weighted by molar-refractivity contribution is 5.90. The van der Waals surface area contributed by atoms with E-state index in [2.05, 4.69) is 10.3 Å². The number of aromatic nitrogens is 1. The highest BCUT2D eigenvalue weighted by atomic mass is 16.3. The second kappa shape index (κ2) is 4.89. The second-order valence-electron chi connectivity index (χ2n) is 3.46. The summed E-state index contributed by atoms with van der Waals surface area (Å²) < 4.78 is 0. The Hall–Kier alpha value is -1.42. The highest BCUT2D eigenvalue weighted by Crippen LogP contribution is 2.17. The van der Waals surface area contributed by atoms with Gasteiger partial charge in [-0.15, -0.1) is 0 Å². The lowest BCUT2D eigenvalue weighted by molar-refractivity contribution is -0.115. The fourth-order valence-electron chi connectivity index (χ4n) is 1.23. The molecule has 0 aliphatic rings. The fourth-order valence-corrected chi connectivity index (χ4v) is 1.23. The number of amides is 1. The second-order valence-corrected chi connectivity index (χ2v) is 3.46. The molecule has 2 N–H and O–H groups in total. The molecule has 82 valence electrons. The molecular formula is C11H16N2O2. The Balaban J connectivity index is 3.05. The minimum atomic E-state index is -0.115. The molecule has 0 unspecified atom stereocenters. The van der Waals surface area contributed by atoms with Crippen molar-refractivity contribution in [2.75, 3.05) is 5.32 Å². The summed E-state index contributed by atoms with van der Waals surface area (Å²) >= 11 is 0. The number of aliphatic hydroxyl groups is 1. The van der Waals surface area contributed by atoms with Gasteiger partial charge in [-0.25, -0.2) is 4.98 Å². The van der Waals surface area contributed by atoms with Gasteiger partial charge in [-0.2, -0.15) is 0 Å². The van der Waals surface area contributed by atoms with Crippen LogP contribution in [-0.2, 0) is 11.4 Å². The van der Waals surface area contributed by atoms with E-state index in [0.29, 0.717) is 17.9 Å². The van der Waals surface area contributed by atoms with Crippen LogP contribution in [0.15, 0.2) is 6.07 Å². The van der Waals surface area contributed by atoms with Crippen molar-refractivity contribution in [3.8, 4) is 0 Å². The van der Waals surface area contributed by atoms with Crippen LogP contribution in [0.25, 0.3) is 0 Å². The van der Waals surface area contributed by atoms with Gasteiger partial charge in [0.05, 0.1) is 12.3 Å². The van der Waals surface area contributed by atoms with Crippen LogP contribution >= 0.6 is 0 Å². The number of hydrogen-bond donors (Lipinski definition) is 2. The standard InChI is InChI=1S/C11H16N2O2/c1-4-10(15)13-11-8(3)7(2)5-9(6-14)12-11/h5,14H,4,6H2,1-3H3,(H,12,13,15). The van der Waals surface area contributed by atoms with E-state index >= 15 is 0 Å². The van der Waals surface area contributed by atoms with Gasteiger partial charge in [0.15, 0.2) is 0 Å². The molecule has 0 radical (unpaired) electrons. The molecule has 15 heavy (non-hydrogen) atoms. The fraction of sp³-hybridized carbons (Fsp3) is 0.455. The molecule has 0 aliphatic carbocycles. The SMILES string of the molecule is CCC(=O)Nc1nc(CO)cc(C)c1C. The summed E-state index contributed by atoms with van der Waals surface area (Å²) in [7, 11) is 0. The minimum absolute atomic E-state index is 0.0694. The van der Waals surface area contributed by atoms with Crippen LogP contribution < -0.4 is 5.32 Å². The van der Waals surface area contributed by atoms with Crippen molar-refractivity contribution in [1.82, 2.24) is 4.98 Å². The molecular weight excluding hydrogens is 192 g/mol. The number of aliphatic hydroxyl groups excluding tert-OH is 1. The number of carbonyl (C=O) groups excluding carboxylic acids is 1. The Morgan fingerprint density at radius 3 is 2.73 bits per heavy atom. The van der Waals surface area contributed by atoms with Gasteiger partial charge in [-0.3, -0.25) is 4.79 Å². The maximum absolute atomic E-state index is 11.2. The van der Waals surface area contributed by atoms with Gasteiger partial charge in [0, 0.05) is 6.42 Å². The summed E-state index contributed by atoms with van der Waals surface area (Å²) in [6.07, 6.45) is 0.420. The molecule has 1 aromatic rings. The molecule has 1 aromatic heterocycles. The predicted octanol–water partition coefficient (Wildman–Crippen LogP) is 1.54. The van der Waals surface area contributed by atoms with Crippen molar-refractivity contribution in [1.29, 1.82) is 0 Å². The third-order valence-electron chi connectivity index (χ3n) is 2.33. The molecule has 0 atom stereocenters. The first kappa shape index (κ1) is 11.7. The normalized spacial score (nSPS) is 10.1. The molecule has 0 aliphatic heterocycles. The molecule has 0 bridgehead atoms. The monoisotopic (exact) mass is 208 g/mol. The van der Waals surface area contributed by atoms with Crippen molar-refractivity contribution in [2.24, 2.45) is 0 Å². The van der Waals surface area contributed by atoms with E-state index in [9.17, 15) is 4.79 Å². The van der Waals surface area contributed by atoms with Crippen LogP contribution in [-0.4, -0.2) is 16.0 Å². The van der Waals surface area contributed by atoms with Crippen LogP contribution in [0.5, 0.6) is 0 Å². The first-order valence-electron chi connectivity index (χ1n) is 4.96. The van der Waals surface area contributed by atoms with Gasteiger partial charge < -0.3 is 10.4 Å². The smallest absolute Gasteiger partial charge is 0.225 e. The number of aryl methyl sites for hydroxylation is 1. The molecule has 1 amide bonds. The van der Waals surface area contributed by atoms with Crippen molar-refractivity contribution in [3.63, 3.8) is 0 Å². The summed E-state index contributed by atoms with van der Waals surface area (Å²) in [6, 6.07) is 1.82. The van der Waals surface area contributed by atoms with Gasteiger partial charge in [0.2, 0.25) is 5.91 Å². The first-order valence-corrected chi connectivity index (χ1v) is 4.96. The van der Waals surface area contributed by atoms with Crippen LogP contribution in [0, 0.1) is 13.8 Å². The number of hydrogen-bond acceptors (Lipinski definition) is 3. The summed E-state index contributed by atoms with van der Waals surface area (Å²) in [5.74, 6) is 0.478. The van der Waals surface area contributed by atoms with Gasteiger partial charge in [0.1, 0.15) is 5.82 Å². The molecule has 0 fully saturated rings. The van der Waals surface area contributed by atoms with Gasteiger partial charge in [0.25, 0.3) is 0 Å². The summed E-state index contributed by atoms with van der Waals surface area (Å²) in [5.41, 5.74) is 2.53. The third-order valence-corrected chi connectivity index (χ3v) is 2.33. The highest BCUT2D eigenvalue weighted by Gasteiger charge is 2.08. The molecule has 4 heteroatoms. The quantitative estimate of drug-likeness (QED) is 0.792. The van der Waals surface area contributed by atoms with Gasteiger partial charge in [-0.05, 0) is 31.0 Å². The summed E-state index contributed by atoms with van der Waals surface area (Å²) in [6.45, 7) is 5.50. The Morgan fingerprint density at radius 1 is 1.53 bits per heavy atom. The molecule has 0 aromatic carbocycles. The van der Waals surface area contributed by atoms with Crippen molar-refractivity contribution < 1.29 is 9.90 Å². The molecule has 1 rings (SSSR count). The zero-order valence-corrected chi connectivity index (χ0v) is 9.29. The largest absolute Gasteiger partial charge is 0.390 e. The zero-order chi connectivity index (χ0) is 11.4. The predicted molar refractivity (Wildman–Crippen MR) is 58.6 cm³/mol. The zero-order valence-electron chi connectivity index (χ0n) is 9.29. The Kier molecular flexibility index (Phi) is 3.80.